The first-order valence-electron chi connectivity index (χ1n) is 20.5. The average molecular weight is 767 g/mol. The third-order valence-electron chi connectivity index (χ3n) is 16.1. The lowest BCUT2D eigenvalue weighted by Crippen LogP contribution is -2.67. The van der Waals surface area contributed by atoms with Gasteiger partial charge in [-0.25, -0.2) is 0 Å². The number of ether oxygens (including phenoxy) is 4. The SMILES string of the molecule is CC(C)=CC/C=C(\C)[C@H]1CC[C@]2(C)C1C(O)C[C@@H]1[C@@]3(C)CC[C@H](O[C@@H]4O[C@H](CO)[C@@H](O)[C@H](O)[C@H]4O[C@@H]4O[C@H](CO)[C@@H](O)[C@H](O)[C@H]4O)C(C)(C)[C@@H]3CC[C@]12C. The maximum absolute atomic E-state index is 12.1. The first-order chi connectivity index (χ1) is 25.3. The van der Waals surface area contributed by atoms with E-state index < -0.39 is 80.0 Å². The number of hydrogen-bond donors (Lipinski definition) is 8. The summed E-state index contributed by atoms with van der Waals surface area (Å²) in [6, 6.07) is 0. The van der Waals surface area contributed by atoms with Gasteiger partial charge in [0.25, 0.3) is 0 Å². The lowest BCUT2D eigenvalue weighted by Gasteiger charge is -2.70. The van der Waals surface area contributed by atoms with Gasteiger partial charge in [-0.3, -0.25) is 0 Å². The predicted molar refractivity (Wildman–Crippen MR) is 199 cm³/mol. The van der Waals surface area contributed by atoms with Gasteiger partial charge in [0.05, 0.1) is 25.4 Å². The van der Waals surface area contributed by atoms with E-state index in [0.29, 0.717) is 18.3 Å². The number of aliphatic hydroxyl groups excluding tert-OH is 8. The van der Waals surface area contributed by atoms with Crippen LogP contribution in [0.1, 0.15) is 107 Å². The number of hydrogen-bond acceptors (Lipinski definition) is 12. The van der Waals surface area contributed by atoms with E-state index in [0.717, 1.165) is 44.9 Å². The van der Waals surface area contributed by atoms with E-state index in [1.165, 1.54) is 11.1 Å². The summed E-state index contributed by atoms with van der Waals surface area (Å²) in [5.74, 6) is 1.14. The fraction of sp³-hybridized carbons (Fsp3) is 0.905. The number of aliphatic hydroxyl groups is 8. The third kappa shape index (κ3) is 6.89. The van der Waals surface area contributed by atoms with Crippen LogP contribution in [0.4, 0.5) is 0 Å². The minimum Gasteiger partial charge on any atom is -0.394 e. The summed E-state index contributed by atoms with van der Waals surface area (Å²) in [5, 5.41) is 85.4. The van der Waals surface area contributed by atoms with Gasteiger partial charge in [-0.2, -0.15) is 0 Å². The van der Waals surface area contributed by atoms with Gasteiger partial charge >= 0.3 is 0 Å². The van der Waals surface area contributed by atoms with E-state index in [-0.39, 0.29) is 40.3 Å². The second kappa shape index (κ2) is 15.6. The van der Waals surface area contributed by atoms with Crippen LogP contribution in [-0.2, 0) is 18.9 Å². The van der Waals surface area contributed by atoms with Gasteiger partial charge in [-0.15, -0.1) is 0 Å². The molecule has 4 saturated carbocycles. The minimum atomic E-state index is -1.74. The number of rotatable bonds is 9. The highest BCUT2D eigenvalue weighted by atomic mass is 16.8. The molecule has 6 rings (SSSR count). The van der Waals surface area contributed by atoms with Crippen molar-refractivity contribution in [2.45, 2.75) is 180 Å². The van der Waals surface area contributed by atoms with Crippen molar-refractivity contribution in [3.63, 3.8) is 0 Å². The largest absolute Gasteiger partial charge is 0.394 e. The highest BCUT2D eigenvalue weighted by molar-refractivity contribution is 5.23. The summed E-state index contributed by atoms with van der Waals surface area (Å²) >= 11 is 0. The Balaban J connectivity index is 1.23. The molecule has 0 aromatic heterocycles. The molecule has 12 nitrogen and oxygen atoms in total. The molecule has 2 unspecified atom stereocenters. The standard InChI is InChI=1S/C42H70O12/c1-21(2)10-9-11-22(3)23-12-16-42(8)30(23)24(45)18-28-40(6)15-14-29(39(4,5)27(40)13-17-41(28,42)7)53-38-36(34(49)32(47)26(20-44)52-38)54-37-35(50)33(48)31(46)25(19-43)51-37/h10-11,23-38,43-50H,9,12-20H2,1-8H3/b22-11+/t23-,24?,25-,26-,27+,28-,29+,30?,31-,32-,33+,34+,35-,36-,37+,38+,40+,41-,42-/m1/s1. The van der Waals surface area contributed by atoms with Crippen molar-refractivity contribution < 1.29 is 59.8 Å². The monoisotopic (exact) mass is 766 g/mol. The summed E-state index contributed by atoms with van der Waals surface area (Å²) in [6.45, 7) is 17.1. The van der Waals surface area contributed by atoms with Crippen molar-refractivity contribution in [3.05, 3.63) is 23.3 Å². The molecule has 0 amide bonds. The van der Waals surface area contributed by atoms with Crippen molar-refractivity contribution in [3.8, 4) is 0 Å². The van der Waals surface area contributed by atoms with Crippen LogP contribution in [0.25, 0.3) is 0 Å². The van der Waals surface area contributed by atoms with Crippen molar-refractivity contribution in [2.75, 3.05) is 13.2 Å². The van der Waals surface area contributed by atoms with Crippen LogP contribution >= 0.6 is 0 Å². The molecular weight excluding hydrogens is 696 g/mol. The molecule has 2 heterocycles. The average Bonchev–Trinajstić information content (AvgIpc) is 3.49. The van der Waals surface area contributed by atoms with Crippen LogP contribution in [0.5, 0.6) is 0 Å². The van der Waals surface area contributed by atoms with Crippen LogP contribution in [0.15, 0.2) is 23.3 Å². The molecule has 0 aromatic rings. The summed E-state index contributed by atoms with van der Waals surface area (Å²) in [4.78, 5) is 0. The Bertz CT molecular complexity index is 1380. The molecule has 8 N–H and O–H groups in total. The van der Waals surface area contributed by atoms with Crippen molar-refractivity contribution in [1.82, 2.24) is 0 Å². The smallest absolute Gasteiger partial charge is 0.187 e. The topological polar surface area (TPSA) is 199 Å². The summed E-state index contributed by atoms with van der Waals surface area (Å²) in [6.07, 6.45) is -3.65. The highest BCUT2D eigenvalue weighted by Gasteiger charge is 2.70. The van der Waals surface area contributed by atoms with Crippen molar-refractivity contribution in [2.24, 2.45) is 45.3 Å². The molecule has 12 heteroatoms. The van der Waals surface area contributed by atoms with E-state index in [1.807, 2.05) is 0 Å². The van der Waals surface area contributed by atoms with Gasteiger partial charge in [-0.05, 0) is 117 Å². The first kappa shape index (κ1) is 42.6. The second-order valence-electron chi connectivity index (χ2n) is 19.4. The lowest BCUT2D eigenvalue weighted by molar-refractivity contribution is -0.378. The van der Waals surface area contributed by atoms with E-state index in [1.54, 1.807) is 0 Å². The van der Waals surface area contributed by atoms with E-state index >= 15 is 0 Å². The maximum Gasteiger partial charge on any atom is 0.187 e. The molecule has 0 aromatic carbocycles. The van der Waals surface area contributed by atoms with E-state index in [9.17, 15) is 40.9 Å². The molecule has 6 fully saturated rings. The zero-order chi connectivity index (χ0) is 39.7. The molecule has 2 saturated heterocycles. The molecule has 0 spiro atoms. The molecule has 310 valence electrons. The minimum absolute atomic E-state index is 0.00171. The summed E-state index contributed by atoms with van der Waals surface area (Å²) in [5.41, 5.74) is 2.29. The van der Waals surface area contributed by atoms with Gasteiger partial charge in [0.1, 0.15) is 48.8 Å². The van der Waals surface area contributed by atoms with Crippen LogP contribution in [0.2, 0.25) is 0 Å². The van der Waals surface area contributed by atoms with Crippen LogP contribution < -0.4 is 0 Å². The molecule has 2 aliphatic heterocycles. The molecule has 6 aliphatic rings. The fourth-order valence-corrected chi connectivity index (χ4v) is 12.9. The van der Waals surface area contributed by atoms with Crippen molar-refractivity contribution in [1.29, 1.82) is 0 Å². The van der Waals surface area contributed by atoms with Crippen molar-refractivity contribution >= 4 is 0 Å². The molecule has 0 radical (unpaired) electrons. The maximum atomic E-state index is 12.1. The zero-order valence-electron chi connectivity index (χ0n) is 33.7. The summed E-state index contributed by atoms with van der Waals surface area (Å²) < 4.78 is 24.4. The number of allylic oxidation sites excluding steroid dienone is 4. The first-order valence-corrected chi connectivity index (χ1v) is 20.5. The van der Waals surface area contributed by atoms with Gasteiger partial charge in [0.2, 0.25) is 0 Å². The van der Waals surface area contributed by atoms with Crippen LogP contribution in [0.3, 0.4) is 0 Å². The summed E-state index contributed by atoms with van der Waals surface area (Å²) in [7, 11) is 0. The van der Waals surface area contributed by atoms with Gasteiger partial charge in [-0.1, -0.05) is 57.9 Å². The lowest BCUT2D eigenvalue weighted by atomic mass is 9.35. The fourth-order valence-electron chi connectivity index (χ4n) is 12.9. The quantitative estimate of drug-likeness (QED) is 0.126. The third-order valence-corrected chi connectivity index (χ3v) is 16.1. The van der Waals surface area contributed by atoms with E-state index in [2.05, 4.69) is 67.5 Å². The Kier molecular flexibility index (Phi) is 12.3. The Morgan fingerprint density at radius 2 is 1.28 bits per heavy atom. The Hall–Kier alpha value is -1.00. The molecule has 54 heavy (non-hydrogen) atoms. The Labute approximate surface area is 321 Å². The van der Waals surface area contributed by atoms with Crippen LogP contribution in [-0.4, -0.2) is 128 Å². The Morgan fingerprint density at radius 3 is 1.91 bits per heavy atom. The molecule has 19 atom stereocenters. The zero-order valence-corrected chi connectivity index (χ0v) is 33.7. The van der Waals surface area contributed by atoms with Crippen LogP contribution in [0, 0.1) is 45.3 Å². The Morgan fingerprint density at radius 1 is 0.667 bits per heavy atom. The normalized spacial score (nSPS) is 51.9. The van der Waals surface area contributed by atoms with Gasteiger partial charge in [0.15, 0.2) is 12.6 Å². The molecular formula is C42H70O12. The van der Waals surface area contributed by atoms with E-state index in [4.69, 9.17) is 18.9 Å². The number of fused-ring (bicyclic) bond motifs is 5. The molecule has 0 bridgehead atoms. The highest BCUT2D eigenvalue weighted by Crippen LogP contribution is 2.75. The predicted octanol–water partition coefficient (Wildman–Crippen LogP) is 2.95. The van der Waals surface area contributed by atoms with Gasteiger partial charge in [0, 0.05) is 0 Å². The van der Waals surface area contributed by atoms with Gasteiger partial charge < -0.3 is 59.8 Å². The molecule has 4 aliphatic carbocycles. The second-order valence-corrected chi connectivity index (χ2v) is 19.4.